The first-order valence-electron chi connectivity index (χ1n) is 9.21. The number of hydrogen-bond donors (Lipinski definition) is 1. The maximum absolute atomic E-state index is 13.3. The Morgan fingerprint density at radius 3 is 2.83 bits per heavy atom. The van der Waals surface area contributed by atoms with Crippen molar-refractivity contribution >= 4 is 22.4 Å². The third-order valence-electron chi connectivity index (χ3n) is 5.79. The van der Waals surface area contributed by atoms with E-state index in [2.05, 4.69) is 16.8 Å². The summed E-state index contributed by atoms with van der Waals surface area (Å²) in [6, 6.07) is 0.201. The number of amides is 1. The summed E-state index contributed by atoms with van der Waals surface area (Å²) in [6.07, 6.45) is 8.77. The zero-order chi connectivity index (χ0) is 17.2. The lowest BCUT2D eigenvalue weighted by molar-refractivity contribution is -0.123. The average Bonchev–Trinajstić information content (AvgIpc) is 3.26. The summed E-state index contributed by atoms with van der Waals surface area (Å²) < 4.78 is 0. The SMILES string of the molecule is CC(C(=O)N(c1nccs1)C1CCCCC1)N1CCC(C)(CN)C1. The highest BCUT2D eigenvalue weighted by atomic mass is 32.1. The predicted molar refractivity (Wildman–Crippen MR) is 99.3 cm³/mol. The molecule has 1 aromatic heterocycles. The minimum atomic E-state index is -0.107. The number of carbonyl (C=O) groups is 1. The van der Waals surface area contributed by atoms with Crippen molar-refractivity contribution in [2.45, 2.75) is 64.5 Å². The molecule has 2 fully saturated rings. The molecule has 1 amide bonds. The first kappa shape index (κ1) is 17.8. The Morgan fingerprint density at radius 1 is 1.50 bits per heavy atom. The van der Waals surface area contributed by atoms with Gasteiger partial charge in [0.25, 0.3) is 0 Å². The van der Waals surface area contributed by atoms with Crippen molar-refractivity contribution in [2.75, 3.05) is 24.5 Å². The van der Waals surface area contributed by atoms with E-state index >= 15 is 0 Å². The molecule has 0 spiro atoms. The van der Waals surface area contributed by atoms with E-state index in [1.54, 1.807) is 17.5 Å². The fraction of sp³-hybridized carbons (Fsp3) is 0.778. The first-order valence-corrected chi connectivity index (χ1v) is 10.1. The van der Waals surface area contributed by atoms with E-state index in [1.165, 1.54) is 19.3 Å². The number of hydrogen-bond acceptors (Lipinski definition) is 5. The molecule has 5 nitrogen and oxygen atoms in total. The van der Waals surface area contributed by atoms with Gasteiger partial charge in [0.15, 0.2) is 5.13 Å². The number of anilines is 1. The topological polar surface area (TPSA) is 62.5 Å². The van der Waals surface area contributed by atoms with Crippen LogP contribution in [-0.2, 0) is 4.79 Å². The summed E-state index contributed by atoms with van der Waals surface area (Å²) in [7, 11) is 0. The lowest BCUT2D eigenvalue weighted by Crippen LogP contribution is -2.51. The van der Waals surface area contributed by atoms with Gasteiger partial charge in [-0.2, -0.15) is 0 Å². The van der Waals surface area contributed by atoms with Crippen molar-refractivity contribution in [3.05, 3.63) is 11.6 Å². The van der Waals surface area contributed by atoms with Gasteiger partial charge in [-0.05, 0) is 44.7 Å². The minimum Gasteiger partial charge on any atom is -0.330 e. The first-order chi connectivity index (χ1) is 11.5. The second-order valence-corrected chi connectivity index (χ2v) is 8.60. The summed E-state index contributed by atoms with van der Waals surface area (Å²) in [6.45, 7) is 6.82. The lowest BCUT2D eigenvalue weighted by Gasteiger charge is -2.36. The Morgan fingerprint density at radius 2 is 2.25 bits per heavy atom. The molecule has 0 aromatic carbocycles. The fourth-order valence-electron chi connectivity index (χ4n) is 4.02. The molecule has 0 radical (unpaired) electrons. The minimum absolute atomic E-state index is 0.107. The van der Waals surface area contributed by atoms with Crippen LogP contribution in [0.5, 0.6) is 0 Å². The molecular formula is C18H30N4OS. The summed E-state index contributed by atoms with van der Waals surface area (Å²) >= 11 is 1.57. The molecule has 134 valence electrons. The Labute approximate surface area is 149 Å². The molecule has 0 bridgehead atoms. The maximum Gasteiger partial charge on any atom is 0.246 e. The number of rotatable bonds is 5. The molecule has 2 heterocycles. The fourth-order valence-corrected chi connectivity index (χ4v) is 4.74. The quantitative estimate of drug-likeness (QED) is 0.887. The van der Waals surface area contributed by atoms with E-state index in [9.17, 15) is 4.79 Å². The largest absolute Gasteiger partial charge is 0.330 e. The Hall–Kier alpha value is -0.980. The number of likely N-dealkylation sites (tertiary alicyclic amines) is 1. The van der Waals surface area contributed by atoms with Crippen LogP contribution in [-0.4, -0.2) is 47.5 Å². The van der Waals surface area contributed by atoms with Crippen LogP contribution in [0.4, 0.5) is 5.13 Å². The van der Waals surface area contributed by atoms with Crippen LogP contribution in [0.25, 0.3) is 0 Å². The van der Waals surface area contributed by atoms with Gasteiger partial charge in [0, 0.05) is 24.2 Å². The molecule has 2 N–H and O–H groups in total. The van der Waals surface area contributed by atoms with Crippen molar-refractivity contribution in [1.82, 2.24) is 9.88 Å². The van der Waals surface area contributed by atoms with Gasteiger partial charge in [-0.15, -0.1) is 11.3 Å². The van der Waals surface area contributed by atoms with Crippen LogP contribution in [0.3, 0.4) is 0 Å². The van der Waals surface area contributed by atoms with Gasteiger partial charge >= 0.3 is 0 Å². The third-order valence-corrected chi connectivity index (χ3v) is 6.56. The molecule has 2 aliphatic rings. The zero-order valence-electron chi connectivity index (χ0n) is 14.9. The van der Waals surface area contributed by atoms with Gasteiger partial charge in [0.05, 0.1) is 6.04 Å². The second kappa shape index (κ2) is 7.50. The molecular weight excluding hydrogens is 320 g/mol. The van der Waals surface area contributed by atoms with Crippen molar-refractivity contribution in [1.29, 1.82) is 0 Å². The van der Waals surface area contributed by atoms with Gasteiger partial charge in [-0.1, -0.05) is 26.2 Å². The smallest absolute Gasteiger partial charge is 0.246 e. The summed E-state index contributed by atoms with van der Waals surface area (Å²) in [5, 5.41) is 2.82. The molecule has 2 unspecified atom stereocenters. The molecule has 1 aliphatic carbocycles. The predicted octanol–water partition coefficient (Wildman–Crippen LogP) is 2.87. The second-order valence-electron chi connectivity index (χ2n) is 7.73. The van der Waals surface area contributed by atoms with Crippen molar-refractivity contribution in [2.24, 2.45) is 11.1 Å². The van der Waals surface area contributed by atoms with E-state index in [4.69, 9.17) is 5.73 Å². The highest BCUT2D eigenvalue weighted by Crippen LogP contribution is 2.33. The highest BCUT2D eigenvalue weighted by Gasteiger charge is 2.39. The van der Waals surface area contributed by atoms with Gasteiger partial charge in [0.1, 0.15) is 0 Å². The summed E-state index contributed by atoms with van der Waals surface area (Å²) in [5.41, 5.74) is 6.07. The molecule has 1 aromatic rings. The summed E-state index contributed by atoms with van der Waals surface area (Å²) in [5.74, 6) is 0.207. The van der Waals surface area contributed by atoms with Gasteiger partial charge < -0.3 is 5.73 Å². The monoisotopic (exact) mass is 350 g/mol. The number of nitrogens with two attached hydrogens (primary N) is 1. The Bertz CT molecular complexity index is 543. The number of thiazole rings is 1. The van der Waals surface area contributed by atoms with E-state index in [0.717, 1.165) is 37.5 Å². The van der Waals surface area contributed by atoms with Crippen molar-refractivity contribution in [3.63, 3.8) is 0 Å². The van der Waals surface area contributed by atoms with E-state index < -0.39 is 0 Å². The van der Waals surface area contributed by atoms with Crippen LogP contribution in [0, 0.1) is 5.41 Å². The maximum atomic E-state index is 13.3. The molecule has 3 rings (SSSR count). The molecule has 1 saturated carbocycles. The standard InChI is InChI=1S/C18H30N4OS/c1-14(21-10-8-18(2,12-19)13-21)16(23)22(17-20-9-11-24-17)15-6-4-3-5-7-15/h9,11,14-15H,3-8,10,12-13,19H2,1-2H3. The number of aromatic nitrogens is 1. The molecule has 6 heteroatoms. The van der Waals surface area contributed by atoms with E-state index in [0.29, 0.717) is 12.6 Å². The van der Waals surface area contributed by atoms with Gasteiger partial charge in [-0.3, -0.25) is 14.6 Å². The third kappa shape index (κ3) is 3.65. The molecule has 1 aliphatic heterocycles. The average molecular weight is 351 g/mol. The molecule has 2 atom stereocenters. The van der Waals surface area contributed by atoms with Crippen LogP contribution in [0.2, 0.25) is 0 Å². The lowest BCUT2D eigenvalue weighted by atomic mass is 9.90. The number of carbonyl (C=O) groups excluding carboxylic acids is 1. The van der Waals surface area contributed by atoms with E-state index in [1.807, 2.05) is 17.2 Å². The van der Waals surface area contributed by atoms with Crippen LogP contribution in [0.15, 0.2) is 11.6 Å². The van der Waals surface area contributed by atoms with Crippen LogP contribution >= 0.6 is 11.3 Å². The Kier molecular flexibility index (Phi) is 5.57. The Balaban J connectivity index is 1.76. The van der Waals surface area contributed by atoms with Crippen LogP contribution in [0.1, 0.15) is 52.4 Å². The van der Waals surface area contributed by atoms with Gasteiger partial charge in [0.2, 0.25) is 5.91 Å². The number of nitrogens with zero attached hydrogens (tertiary/aromatic N) is 3. The van der Waals surface area contributed by atoms with E-state index in [-0.39, 0.29) is 17.4 Å². The van der Waals surface area contributed by atoms with Gasteiger partial charge in [-0.25, -0.2) is 4.98 Å². The summed E-state index contributed by atoms with van der Waals surface area (Å²) in [4.78, 5) is 22.1. The van der Waals surface area contributed by atoms with Crippen molar-refractivity contribution in [3.8, 4) is 0 Å². The normalized spacial score (nSPS) is 27.3. The van der Waals surface area contributed by atoms with Crippen molar-refractivity contribution < 1.29 is 4.79 Å². The molecule has 24 heavy (non-hydrogen) atoms. The highest BCUT2D eigenvalue weighted by molar-refractivity contribution is 7.13. The zero-order valence-corrected chi connectivity index (χ0v) is 15.7. The molecule has 1 saturated heterocycles. The van der Waals surface area contributed by atoms with Crippen LogP contribution < -0.4 is 10.6 Å².